The Morgan fingerprint density at radius 3 is 2.25 bits per heavy atom. The molecule has 5 rings (SSSR count). The summed E-state index contributed by atoms with van der Waals surface area (Å²) in [6.07, 6.45) is -7.93. The van der Waals surface area contributed by atoms with E-state index in [0.29, 0.717) is 12.8 Å². The van der Waals surface area contributed by atoms with Crippen LogP contribution in [0.2, 0.25) is 0 Å². The molecule has 1 aliphatic heterocycles. The first kappa shape index (κ1) is 37.5. The average Bonchev–Trinajstić information content (AvgIpc) is 3.12. The van der Waals surface area contributed by atoms with Crippen LogP contribution in [0.1, 0.15) is 72.1 Å². The van der Waals surface area contributed by atoms with Gasteiger partial charge in [-0.1, -0.05) is 27.4 Å². The smallest absolute Gasteiger partial charge is 0.397 e. The Hall–Kier alpha value is -1.74. The molecule has 48 heavy (non-hydrogen) atoms. The van der Waals surface area contributed by atoms with Crippen molar-refractivity contribution in [1.82, 2.24) is 0 Å². The monoisotopic (exact) mass is 726 g/mol. The topological polar surface area (TPSA) is 250 Å². The molecular formula is C30H46O16S2. The van der Waals surface area contributed by atoms with E-state index in [1.165, 1.54) is 0 Å². The number of aliphatic hydroxyl groups is 2. The van der Waals surface area contributed by atoms with Gasteiger partial charge in [-0.2, -0.15) is 16.8 Å². The molecule has 0 aromatic carbocycles. The van der Waals surface area contributed by atoms with Crippen LogP contribution in [0.3, 0.4) is 0 Å². The summed E-state index contributed by atoms with van der Waals surface area (Å²) in [5.41, 5.74) is -0.319. The molecule has 1 saturated heterocycles. The van der Waals surface area contributed by atoms with E-state index in [1.54, 1.807) is 13.8 Å². The summed E-state index contributed by atoms with van der Waals surface area (Å²) < 4.78 is 93.5. The van der Waals surface area contributed by atoms with Crippen molar-refractivity contribution in [2.75, 3.05) is 6.61 Å². The Morgan fingerprint density at radius 1 is 1.02 bits per heavy atom. The minimum atomic E-state index is -5.42. The number of aliphatic hydroxyl groups excluding tert-OH is 2. The molecule has 13 atom stereocenters. The molecule has 2 bridgehead atoms. The van der Waals surface area contributed by atoms with Crippen molar-refractivity contribution >= 4 is 32.7 Å². The summed E-state index contributed by atoms with van der Waals surface area (Å²) >= 11 is 0. The average molecular weight is 727 g/mol. The van der Waals surface area contributed by atoms with Crippen LogP contribution in [0.4, 0.5) is 0 Å². The number of carboxylic acid groups (broad SMARTS) is 1. The van der Waals surface area contributed by atoms with Gasteiger partial charge in [0.05, 0.1) is 24.7 Å². The normalized spacial score (nSPS) is 43.0. The number of fused-ring (bicyclic) bond motifs is 3. The van der Waals surface area contributed by atoms with E-state index in [1.807, 2.05) is 6.92 Å². The zero-order chi connectivity index (χ0) is 35.6. The van der Waals surface area contributed by atoms with Crippen LogP contribution in [0.5, 0.6) is 0 Å². The van der Waals surface area contributed by atoms with Gasteiger partial charge in [0.25, 0.3) is 0 Å². The molecule has 0 aromatic rings. The number of hydrogen-bond donors (Lipinski definition) is 5. The lowest BCUT2D eigenvalue weighted by atomic mass is 9.43. The Kier molecular flexibility index (Phi) is 10.5. The second-order valence-electron chi connectivity index (χ2n) is 14.8. The number of esters is 1. The maximum atomic E-state index is 12.9. The highest BCUT2D eigenvalue weighted by atomic mass is 32.3. The van der Waals surface area contributed by atoms with Crippen molar-refractivity contribution in [3.05, 3.63) is 12.2 Å². The van der Waals surface area contributed by atoms with Gasteiger partial charge < -0.3 is 29.5 Å². The zero-order valence-electron chi connectivity index (χ0n) is 27.0. The molecule has 18 heteroatoms. The number of rotatable bonds is 11. The maximum Gasteiger partial charge on any atom is 0.397 e. The molecule has 4 aliphatic carbocycles. The van der Waals surface area contributed by atoms with Gasteiger partial charge in [0, 0.05) is 11.8 Å². The number of hydrogen-bond acceptors (Lipinski definition) is 13. The first-order chi connectivity index (χ1) is 22.2. The SMILES string of the molecule is C=C1C2CC[C@H]3[C@]4(C)C[C@H](O[C@H]5O[C@H](CO)[C@@H](OS(=O)(=O)O)[C@H](OS(=O)(=O)O)[C@H]5OC(=O)CC(C)C)C[C@@H](C(=O)O)[C@H]4CC[C@]3(C2)[C@H]1O. The first-order valence-corrected chi connectivity index (χ1v) is 18.9. The lowest BCUT2D eigenvalue weighted by Crippen LogP contribution is -2.64. The fourth-order valence-corrected chi connectivity index (χ4v) is 10.8. The lowest BCUT2D eigenvalue weighted by molar-refractivity contribution is -0.316. The van der Waals surface area contributed by atoms with Gasteiger partial charge in [-0.3, -0.25) is 18.7 Å². The van der Waals surface area contributed by atoms with Crippen molar-refractivity contribution in [3.8, 4) is 0 Å². The molecule has 1 heterocycles. The van der Waals surface area contributed by atoms with Crippen LogP contribution in [0, 0.1) is 40.4 Å². The van der Waals surface area contributed by atoms with Crippen molar-refractivity contribution in [2.24, 2.45) is 40.4 Å². The number of carbonyl (C=O) groups excluding carboxylic acids is 1. The fraction of sp³-hybridized carbons (Fsp3) is 0.867. The number of carboxylic acids is 1. The highest BCUT2D eigenvalue weighted by molar-refractivity contribution is 7.81. The van der Waals surface area contributed by atoms with Gasteiger partial charge in [0.1, 0.15) is 12.2 Å². The van der Waals surface area contributed by atoms with Crippen LogP contribution in [0.15, 0.2) is 12.2 Å². The maximum absolute atomic E-state index is 12.9. The zero-order valence-corrected chi connectivity index (χ0v) is 28.7. The summed E-state index contributed by atoms with van der Waals surface area (Å²) in [7, 11) is -10.8. The summed E-state index contributed by atoms with van der Waals surface area (Å²) in [6, 6.07) is 0. The van der Waals surface area contributed by atoms with E-state index in [2.05, 4.69) is 10.8 Å². The van der Waals surface area contributed by atoms with Crippen LogP contribution in [0.25, 0.3) is 0 Å². The van der Waals surface area contributed by atoms with Gasteiger partial charge >= 0.3 is 32.7 Å². The lowest BCUT2D eigenvalue weighted by Gasteiger charge is -2.62. The van der Waals surface area contributed by atoms with Gasteiger partial charge in [-0.25, -0.2) is 8.37 Å². The van der Waals surface area contributed by atoms with Crippen molar-refractivity contribution in [3.63, 3.8) is 0 Å². The third-order valence-electron chi connectivity index (χ3n) is 11.5. The van der Waals surface area contributed by atoms with Gasteiger partial charge in [-0.15, -0.1) is 0 Å². The molecule has 4 saturated carbocycles. The molecule has 1 unspecified atom stereocenters. The summed E-state index contributed by atoms with van der Waals surface area (Å²) in [5, 5.41) is 32.0. The predicted octanol–water partition coefficient (Wildman–Crippen LogP) is 1.67. The minimum Gasteiger partial charge on any atom is -0.481 e. The van der Waals surface area contributed by atoms with Gasteiger partial charge in [0.2, 0.25) is 0 Å². The molecule has 5 aliphatic rings. The quantitative estimate of drug-likeness (QED) is 0.0879. The predicted molar refractivity (Wildman–Crippen MR) is 162 cm³/mol. The van der Waals surface area contributed by atoms with E-state index in [9.17, 15) is 50.8 Å². The first-order valence-electron chi connectivity index (χ1n) is 16.2. The highest BCUT2D eigenvalue weighted by Crippen LogP contribution is 2.70. The fourth-order valence-electron chi connectivity index (χ4n) is 9.82. The molecule has 5 fully saturated rings. The summed E-state index contributed by atoms with van der Waals surface area (Å²) in [6.45, 7) is 8.52. The third kappa shape index (κ3) is 7.20. The van der Waals surface area contributed by atoms with Crippen LogP contribution in [-0.2, 0) is 53.0 Å². The Labute approximate surface area is 280 Å². The van der Waals surface area contributed by atoms with E-state index < -0.39 is 99.0 Å². The standard InChI is InChI=1S/C30H46O16S2/c1-14(2)9-22(32)44-25-24(46-48(39,40)41)23(45-47(36,37)38)20(13-31)43-28(25)42-17-10-18(27(34)35)19-7-8-30-11-16(15(3)26(30)33)5-6-21(30)29(19,4)12-17/h14,16-21,23-26,28,31,33H,3,5-13H2,1-2,4H3,(H,34,35)(H,36,37,38)(H,39,40,41)/t16?,17-,18-,19-,20-,21+,23-,24+,25-,26+,28+,29-,30-/m1/s1. The van der Waals surface area contributed by atoms with E-state index in [-0.39, 0.29) is 42.9 Å². The molecule has 1 spiro atoms. The molecule has 5 N–H and O–H groups in total. The van der Waals surface area contributed by atoms with Crippen LogP contribution >= 0.6 is 0 Å². The molecule has 0 amide bonds. The van der Waals surface area contributed by atoms with Crippen molar-refractivity contribution in [1.29, 1.82) is 0 Å². The second kappa shape index (κ2) is 13.4. The van der Waals surface area contributed by atoms with Crippen LogP contribution in [-0.4, -0.2) is 103 Å². The van der Waals surface area contributed by atoms with E-state index >= 15 is 0 Å². The van der Waals surface area contributed by atoms with Crippen molar-refractivity contribution < 1.29 is 73.4 Å². The number of ether oxygens (including phenoxy) is 3. The van der Waals surface area contributed by atoms with Crippen LogP contribution < -0.4 is 0 Å². The second-order valence-corrected chi connectivity index (χ2v) is 16.9. The molecule has 0 radical (unpaired) electrons. The van der Waals surface area contributed by atoms with E-state index in [0.717, 1.165) is 24.8 Å². The van der Waals surface area contributed by atoms with Gasteiger partial charge in [0.15, 0.2) is 18.5 Å². The van der Waals surface area contributed by atoms with E-state index in [4.69, 9.17) is 18.4 Å². The van der Waals surface area contributed by atoms with Crippen molar-refractivity contribution in [2.45, 2.75) is 115 Å². The van der Waals surface area contributed by atoms with Gasteiger partial charge in [-0.05, 0) is 79.6 Å². The number of aliphatic carboxylic acids is 1. The highest BCUT2D eigenvalue weighted by Gasteiger charge is 2.67. The summed E-state index contributed by atoms with van der Waals surface area (Å²) in [4.78, 5) is 25.7. The Bertz CT molecular complexity index is 1480. The summed E-state index contributed by atoms with van der Waals surface area (Å²) in [5.74, 6) is -3.25. The molecule has 16 nitrogen and oxygen atoms in total. The third-order valence-corrected chi connectivity index (χ3v) is 12.4. The molecular weight excluding hydrogens is 680 g/mol. The minimum absolute atomic E-state index is 0.0156. The Morgan fingerprint density at radius 2 is 1.67 bits per heavy atom. The molecule has 274 valence electrons. The molecule has 0 aromatic heterocycles. The largest absolute Gasteiger partial charge is 0.481 e. The Balaban J connectivity index is 1.51. The number of carbonyl (C=O) groups is 2.